The van der Waals surface area contributed by atoms with Crippen LogP contribution in [0.2, 0.25) is 0 Å². The van der Waals surface area contributed by atoms with Crippen molar-refractivity contribution in [1.82, 2.24) is 10.2 Å². The van der Waals surface area contributed by atoms with E-state index in [-0.39, 0.29) is 11.8 Å². The van der Waals surface area contributed by atoms with Crippen LogP contribution in [0.15, 0.2) is 78.9 Å². The Morgan fingerprint density at radius 3 is 2.42 bits per heavy atom. The molecule has 0 aliphatic carbocycles. The van der Waals surface area contributed by atoms with Crippen molar-refractivity contribution >= 4 is 11.8 Å². The van der Waals surface area contributed by atoms with Crippen LogP contribution in [0.25, 0.3) is 11.1 Å². The van der Waals surface area contributed by atoms with Gasteiger partial charge >= 0.3 is 0 Å². The predicted molar refractivity (Wildman–Crippen MR) is 130 cm³/mol. The quantitative estimate of drug-likeness (QED) is 0.608. The lowest BCUT2D eigenvalue weighted by atomic mass is 9.73. The molecular formula is C28H30N2O3. The van der Waals surface area contributed by atoms with E-state index in [9.17, 15) is 9.59 Å². The summed E-state index contributed by atoms with van der Waals surface area (Å²) in [6, 6.07) is 25.7. The van der Waals surface area contributed by atoms with Gasteiger partial charge in [0.15, 0.2) is 0 Å². The number of para-hydroxylation sites is 1. The van der Waals surface area contributed by atoms with E-state index in [1.54, 1.807) is 26.3 Å². The third kappa shape index (κ3) is 4.63. The van der Waals surface area contributed by atoms with Crippen LogP contribution in [-0.4, -0.2) is 44.0 Å². The van der Waals surface area contributed by atoms with Gasteiger partial charge in [0.05, 0.1) is 18.1 Å². The second-order valence-electron chi connectivity index (χ2n) is 8.59. The van der Waals surface area contributed by atoms with Crippen molar-refractivity contribution in [3.63, 3.8) is 0 Å². The molecule has 0 bridgehead atoms. The summed E-state index contributed by atoms with van der Waals surface area (Å²) < 4.78 is 5.41. The van der Waals surface area contributed by atoms with Crippen LogP contribution in [0.3, 0.4) is 0 Å². The third-order valence-corrected chi connectivity index (χ3v) is 6.54. The third-order valence-electron chi connectivity index (χ3n) is 6.54. The van der Waals surface area contributed by atoms with E-state index < -0.39 is 5.41 Å². The van der Waals surface area contributed by atoms with Gasteiger partial charge < -0.3 is 15.0 Å². The molecule has 0 unspecified atom stereocenters. The van der Waals surface area contributed by atoms with Crippen molar-refractivity contribution in [3.8, 4) is 16.9 Å². The van der Waals surface area contributed by atoms with Gasteiger partial charge in [-0.1, -0.05) is 66.7 Å². The molecule has 4 rings (SSSR count). The minimum atomic E-state index is -0.699. The molecule has 1 atom stereocenters. The van der Waals surface area contributed by atoms with Crippen LogP contribution in [0.5, 0.6) is 5.75 Å². The normalized spacial score (nSPS) is 17.9. The first-order valence-electron chi connectivity index (χ1n) is 11.4. The van der Waals surface area contributed by atoms with Crippen LogP contribution >= 0.6 is 0 Å². The summed E-state index contributed by atoms with van der Waals surface area (Å²) >= 11 is 0. The highest BCUT2D eigenvalue weighted by atomic mass is 16.5. The zero-order valence-electron chi connectivity index (χ0n) is 19.2. The molecule has 1 N–H and O–H groups in total. The lowest BCUT2D eigenvalue weighted by Gasteiger charge is -2.42. The molecule has 0 spiro atoms. The molecule has 1 heterocycles. The first-order valence-corrected chi connectivity index (χ1v) is 11.4. The maximum atomic E-state index is 13.4. The topological polar surface area (TPSA) is 58.6 Å². The Kier molecular flexibility index (Phi) is 6.78. The summed E-state index contributed by atoms with van der Waals surface area (Å²) in [4.78, 5) is 28.5. The van der Waals surface area contributed by atoms with Crippen LogP contribution in [0, 0.1) is 5.41 Å². The summed E-state index contributed by atoms with van der Waals surface area (Å²) in [5.74, 6) is 0.424. The Hall–Kier alpha value is -3.60. The first-order chi connectivity index (χ1) is 16.1. The molecule has 170 valence electrons. The molecule has 3 aromatic rings. The van der Waals surface area contributed by atoms with Crippen LogP contribution in [-0.2, 0) is 11.2 Å². The Balaban J connectivity index is 1.68. The summed E-state index contributed by atoms with van der Waals surface area (Å²) in [5, 5.41) is 2.88. The Morgan fingerprint density at radius 2 is 1.67 bits per heavy atom. The van der Waals surface area contributed by atoms with Crippen molar-refractivity contribution < 1.29 is 14.3 Å². The van der Waals surface area contributed by atoms with E-state index in [0.717, 1.165) is 29.5 Å². The molecular weight excluding hydrogens is 412 g/mol. The van der Waals surface area contributed by atoms with Gasteiger partial charge in [-0.15, -0.1) is 0 Å². The number of benzene rings is 3. The van der Waals surface area contributed by atoms with Gasteiger partial charge in [0.2, 0.25) is 5.91 Å². The number of nitrogens with one attached hydrogen (secondary N) is 1. The van der Waals surface area contributed by atoms with Gasteiger partial charge in [-0.3, -0.25) is 9.59 Å². The first kappa shape index (κ1) is 22.6. The number of hydrogen-bond donors (Lipinski definition) is 1. The maximum absolute atomic E-state index is 13.4. The van der Waals surface area contributed by atoms with Gasteiger partial charge in [0.1, 0.15) is 5.75 Å². The second-order valence-corrected chi connectivity index (χ2v) is 8.59. The Bertz CT molecular complexity index is 1130. The van der Waals surface area contributed by atoms with Crippen molar-refractivity contribution in [3.05, 3.63) is 90.0 Å². The van der Waals surface area contributed by atoms with E-state index in [4.69, 9.17) is 4.74 Å². The Labute approximate surface area is 195 Å². The molecule has 33 heavy (non-hydrogen) atoms. The van der Waals surface area contributed by atoms with Crippen molar-refractivity contribution in [1.29, 1.82) is 0 Å². The number of carbonyl (C=O) groups is 2. The highest BCUT2D eigenvalue weighted by Crippen LogP contribution is 2.38. The number of rotatable bonds is 6. The van der Waals surface area contributed by atoms with Gasteiger partial charge in [-0.05, 0) is 48.1 Å². The summed E-state index contributed by atoms with van der Waals surface area (Å²) in [5.41, 5.74) is 3.18. The van der Waals surface area contributed by atoms with Gasteiger partial charge in [0.25, 0.3) is 5.91 Å². The minimum absolute atomic E-state index is 0.0251. The molecule has 1 aliphatic heterocycles. The lowest BCUT2D eigenvalue weighted by molar-refractivity contribution is -0.133. The van der Waals surface area contributed by atoms with E-state index >= 15 is 0 Å². The predicted octanol–water partition coefficient (Wildman–Crippen LogP) is 4.57. The highest BCUT2D eigenvalue weighted by Gasteiger charge is 2.43. The monoisotopic (exact) mass is 442 g/mol. The second kappa shape index (κ2) is 9.90. The van der Waals surface area contributed by atoms with Crippen molar-refractivity contribution in [2.24, 2.45) is 5.41 Å². The molecule has 5 heteroatoms. The largest absolute Gasteiger partial charge is 0.496 e. The summed E-state index contributed by atoms with van der Waals surface area (Å²) in [7, 11) is 3.24. The molecule has 2 amide bonds. The number of carbonyl (C=O) groups excluding carboxylic acids is 2. The fourth-order valence-electron chi connectivity index (χ4n) is 4.91. The standard InChI is InChI=1S/C28H30N2O3/c1-29-27(32)28(19-22-13-6-7-14-23(22)21-11-4-3-5-12-21)17-10-18-30(20-28)26(31)24-15-8-9-16-25(24)33-2/h3-9,11-16H,10,17-20H2,1-2H3,(H,29,32)/t28-/m0/s1. The highest BCUT2D eigenvalue weighted by molar-refractivity contribution is 5.97. The Morgan fingerprint density at radius 1 is 0.970 bits per heavy atom. The summed E-state index contributed by atoms with van der Waals surface area (Å²) in [6.07, 6.45) is 2.06. The van der Waals surface area contributed by atoms with Crippen LogP contribution < -0.4 is 10.1 Å². The maximum Gasteiger partial charge on any atom is 0.257 e. The van der Waals surface area contributed by atoms with E-state index in [2.05, 4.69) is 29.6 Å². The zero-order chi connectivity index (χ0) is 23.3. The van der Waals surface area contributed by atoms with Crippen LogP contribution in [0.4, 0.5) is 0 Å². The van der Waals surface area contributed by atoms with Crippen molar-refractivity contribution in [2.75, 3.05) is 27.2 Å². The average molecular weight is 443 g/mol. The van der Waals surface area contributed by atoms with Crippen molar-refractivity contribution in [2.45, 2.75) is 19.3 Å². The van der Waals surface area contributed by atoms with E-state index in [1.807, 2.05) is 47.4 Å². The number of amides is 2. The molecule has 5 nitrogen and oxygen atoms in total. The molecule has 0 aromatic heterocycles. The molecule has 0 radical (unpaired) electrons. The summed E-state index contributed by atoms with van der Waals surface area (Å²) in [6.45, 7) is 0.989. The molecule has 3 aromatic carbocycles. The number of hydrogen-bond acceptors (Lipinski definition) is 3. The van der Waals surface area contributed by atoms with Gasteiger partial charge in [0, 0.05) is 20.1 Å². The fraction of sp³-hybridized carbons (Fsp3) is 0.286. The minimum Gasteiger partial charge on any atom is -0.496 e. The number of likely N-dealkylation sites (tertiary alicyclic amines) is 1. The lowest BCUT2D eigenvalue weighted by Crippen LogP contribution is -2.54. The van der Waals surface area contributed by atoms with E-state index in [1.165, 1.54) is 0 Å². The molecule has 0 saturated carbocycles. The van der Waals surface area contributed by atoms with E-state index in [0.29, 0.717) is 30.8 Å². The number of ether oxygens (including phenoxy) is 1. The van der Waals surface area contributed by atoms with Gasteiger partial charge in [-0.2, -0.15) is 0 Å². The molecule has 1 saturated heterocycles. The van der Waals surface area contributed by atoms with Gasteiger partial charge in [-0.25, -0.2) is 0 Å². The molecule has 1 aliphatic rings. The number of methoxy groups -OCH3 is 1. The number of nitrogens with zero attached hydrogens (tertiary/aromatic N) is 1. The average Bonchev–Trinajstić information content (AvgIpc) is 2.88. The zero-order valence-corrected chi connectivity index (χ0v) is 19.2. The number of piperidine rings is 1. The SMILES string of the molecule is CNC(=O)[C@]1(Cc2ccccc2-c2ccccc2)CCCN(C(=O)c2ccccc2OC)C1. The molecule has 1 fully saturated rings. The smallest absolute Gasteiger partial charge is 0.257 e. The van der Waals surface area contributed by atoms with Crippen LogP contribution in [0.1, 0.15) is 28.8 Å². The fourth-order valence-corrected chi connectivity index (χ4v) is 4.91.